The SMILES string of the molecule is Cc1cccc(C)c1NC(=O)CN(C)C(=O)COc1ccc2ccccc2c1. The second-order valence-electron chi connectivity index (χ2n) is 6.86. The van der Waals surface area contributed by atoms with E-state index in [1.54, 1.807) is 7.05 Å². The lowest BCUT2D eigenvalue weighted by atomic mass is 10.1. The smallest absolute Gasteiger partial charge is 0.260 e. The van der Waals surface area contributed by atoms with Crippen LogP contribution in [-0.2, 0) is 9.59 Å². The van der Waals surface area contributed by atoms with Crippen molar-refractivity contribution in [2.24, 2.45) is 0 Å². The fourth-order valence-electron chi connectivity index (χ4n) is 3.01. The largest absolute Gasteiger partial charge is 0.484 e. The first kappa shape index (κ1) is 19.4. The fraction of sp³-hybridized carbons (Fsp3) is 0.217. The molecule has 2 amide bonds. The number of rotatable bonds is 6. The predicted molar refractivity (Wildman–Crippen MR) is 112 cm³/mol. The summed E-state index contributed by atoms with van der Waals surface area (Å²) in [6.45, 7) is 3.73. The number of benzene rings is 3. The van der Waals surface area contributed by atoms with Crippen LogP contribution in [-0.4, -0.2) is 36.9 Å². The maximum absolute atomic E-state index is 12.3. The van der Waals surface area contributed by atoms with Gasteiger partial charge in [-0.2, -0.15) is 0 Å². The standard InChI is InChI=1S/C23H24N2O3/c1-16-7-6-8-17(2)23(16)24-21(26)14-25(3)22(27)15-28-20-12-11-18-9-4-5-10-19(18)13-20/h4-13H,14-15H2,1-3H3,(H,24,26). The molecule has 3 aromatic carbocycles. The molecule has 0 aliphatic heterocycles. The number of fused-ring (bicyclic) bond motifs is 1. The van der Waals surface area contributed by atoms with E-state index >= 15 is 0 Å². The summed E-state index contributed by atoms with van der Waals surface area (Å²) in [4.78, 5) is 26.0. The number of para-hydroxylation sites is 1. The van der Waals surface area contributed by atoms with Crippen LogP contribution in [0.25, 0.3) is 10.8 Å². The number of likely N-dealkylation sites (N-methyl/N-ethyl adjacent to an activating group) is 1. The number of ether oxygens (including phenoxy) is 1. The fourth-order valence-corrected chi connectivity index (χ4v) is 3.01. The molecule has 3 aromatic rings. The Morgan fingerprint density at radius 3 is 2.32 bits per heavy atom. The van der Waals surface area contributed by atoms with Gasteiger partial charge in [0.2, 0.25) is 5.91 Å². The van der Waals surface area contributed by atoms with Crippen LogP contribution in [0.5, 0.6) is 5.75 Å². The summed E-state index contributed by atoms with van der Waals surface area (Å²) < 4.78 is 5.61. The van der Waals surface area contributed by atoms with Gasteiger partial charge in [0.15, 0.2) is 6.61 Å². The average Bonchev–Trinajstić information content (AvgIpc) is 2.68. The van der Waals surface area contributed by atoms with Crippen LogP contribution in [0.4, 0.5) is 5.69 Å². The van der Waals surface area contributed by atoms with Gasteiger partial charge < -0.3 is 15.0 Å². The van der Waals surface area contributed by atoms with Gasteiger partial charge in [-0.05, 0) is 47.9 Å². The maximum Gasteiger partial charge on any atom is 0.260 e. The van der Waals surface area contributed by atoms with Crippen molar-refractivity contribution in [2.75, 3.05) is 25.5 Å². The van der Waals surface area contributed by atoms with Crippen molar-refractivity contribution >= 4 is 28.3 Å². The van der Waals surface area contributed by atoms with E-state index in [-0.39, 0.29) is 25.0 Å². The lowest BCUT2D eigenvalue weighted by Crippen LogP contribution is -2.37. The van der Waals surface area contributed by atoms with Crippen LogP contribution in [0.3, 0.4) is 0 Å². The monoisotopic (exact) mass is 376 g/mol. The molecule has 28 heavy (non-hydrogen) atoms. The molecule has 0 unspecified atom stereocenters. The highest BCUT2D eigenvalue weighted by Gasteiger charge is 2.15. The van der Waals surface area contributed by atoms with Crippen molar-refractivity contribution in [1.29, 1.82) is 0 Å². The molecule has 0 saturated carbocycles. The Hall–Kier alpha value is -3.34. The highest BCUT2D eigenvalue weighted by molar-refractivity contribution is 5.95. The number of aryl methyl sites for hydroxylation is 2. The minimum Gasteiger partial charge on any atom is -0.484 e. The van der Waals surface area contributed by atoms with Crippen LogP contribution in [0.2, 0.25) is 0 Å². The zero-order valence-corrected chi connectivity index (χ0v) is 16.4. The summed E-state index contributed by atoms with van der Waals surface area (Å²) in [6, 6.07) is 19.5. The van der Waals surface area contributed by atoms with Crippen molar-refractivity contribution in [3.05, 3.63) is 71.8 Å². The number of amides is 2. The summed E-state index contributed by atoms with van der Waals surface area (Å²) >= 11 is 0. The summed E-state index contributed by atoms with van der Waals surface area (Å²) in [5, 5.41) is 5.05. The molecular formula is C23H24N2O3. The number of nitrogens with zero attached hydrogens (tertiary/aromatic N) is 1. The minimum absolute atomic E-state index is 0.0340. The van der Waals surface area contributed by atoms with Gasteiger partial charge in [-0.1, -0.05) is 48.5 Å². The summed E-state index contributed by atoms with van der Waals surface area (Å²) in [5.41, 5.74) is 2.77. The zero-order chi connectivity index (χ0) is 20.1. The predicted octanol–water partition coefficient (Wildman–Crippen LogP) is 3.93. The quantitative estimate of drug-likeness (QED) is 0.709. The van der Waals surface area contributed by atoms with Crippen LogP contribution < -0.4 is 10.1 Å². The van der Waals surface area contributed by atoms with E-state index in [1.807, 2.05) is 74.5 Å². The van der Waals surface area contributed by atoms with E-state index in [4.69, 9.17) is 4.74 Å². The van der Waals surface area contributed by atoms with Crippen LogP contribution in [0, 0.1) is 13.8 Å². The van der Waals surface area contributed by atoms with E-state index in [1.165, 1.54) is 4.90 Å². The second-order valence-corrected chi connectivity index (χ2v) is 6.86. The molecule has 5 nitrogen and oxygen atoms in total. The molecule has 5 heteroatoms. The van der Waals surface area contributed by atoms with Gasteiger partial charge in [0.1, 0.15) is 5.75 Å². The molecule has 0 aromatic heterocycles. The van der Waals surface area contributed by atoms with Crippen LogP contribution in [0.1, 0.15) is 11.1 Å². The Morgan fingerprint density at radius 1 is 0.929 bits per heavy atom. The van der Waals surface area contributed by atoms with Gasteiger partial charge in [0.25, 0.3) is 5.91 Å². The topological polar surface area (TPSA) is 58.6 Å². The molecule has 0 bridgehead atoms. The molecule has 0 saturated heterocycles. The molecule has 1 N–H and O–H groups in total. The number of anilines is 1. The van der Waals surface area contributed by atoms with E-state index in [0.717, 1.165) is 27.6 Å². The third-order valence-electron chi connectivity index (χ3n) is 4.64. The molecule has 0 radical (unpaired) electrons. The van der Waals surface area contributed by atoms with Gasteiger partial charge in [0.05, 0.1) is 6.54 Å². The molecule has 0 atom stereocenters. The molecule has 3 rings (SSSR count). The molecule has 0 fully saturated rings. The first-order valence-electron chi connectivity index (χ1n) is 9.15. The van der Waals surface area contributed by atoms with Gasteiger partial charge >= 0.3 is 0 Å². The second kappa shape index (κ2) is 8.57. The van der Waals surface area contributed by atoms with E-state index < -0.39 is 0 Å². The Bertz CT molecular complexity index is 993. The van der Waals surface area contributed by atoms with Crippen LogP contribution in [0.15, 0.2) is 60.7 Å². The van der Waals surface area contributed by atoms with Crippen LogP contribution >= 0.6 is 0 Å². The first-order chi connectivity index (χ1) is 13.4. The van der Waals surface area contributed by atoms with Gasteiger partial charge in [-0.25, -0.2) is 0 Å². The first-order valence-corrected chi connectivity index (χ1v) is 9.15. The molecular weight excluding hydrogens is 352 g/mol. The number of hydrogen-bond donors (Lipinski definition) is 1. The number of carbonyl (C=O) groups is 2. The molecule has 0 aliphatic carbocycles. The Morgan fingerprint density at radius 2 is 1.61 bits per heavy atom. The Kier molecular flexibility index (Phi) is 5.94. The zero-order valence-electron chi connectivity index (χ0n) is 16.4. The van der Waals surface area contributed by atoms with Crippen molar-refractivity contribution in [3.8, 4) is 5.75 Å². The summed E-state index contributed by atoms with van der Waals surface area (Å²) in [6.07, 6.45) is 0. The third kappa shape index (κ3) is 4.68. The summed E-state index contributed by atoms with van der Waals surface area (Å²) in [7, 11) is 1.59. The average molecular weight is 376 g/mol. The van der Waals surface area contributed by atoms with E-state index in [2.05, 4.69) is 5.32 Å². The Balaban J connectivity index is 1.54. The van der Waals surface area contributed by atoms with Crippen molar-refractivity contribution in [1.82, 2.24) is 4.90 Å². The summed E-state index contributed by atoms with van der Waals surface area (Å²) in [5.74, 6) is 0.129. The molecule has 0 aliphatic rings. The van der Waals surface area contributed by atoms with Gasteiger partial charge in [-0.3, -0.25) is 9.59 Å². The normalized spacial score (nSPS) is 10.5. The Labute approximate surface area is 164 Å². The van der Waals surface area contributed by atoms with Crippen molar-refractivity contribution < 1.29 is 14.3 Å². The number of hydrogen-bond acceptors (Lipinski definition) is 3. The molecule has 144 valence electrons. The van der Waals surface area contributed by atoms with E-state index in [9.17, 15) is 9.59 Å². The van der Waals surface area contributed by atoms with E-state index in [0.29, 0.717) is 5.75 Å². The number of carbonyl (C=O) groups excluding carboxylic acids is 2. The van der Waals surface area contributed by atoms with Gasteiger partial charge in [0, 0.05) is 12.7 Å². The number of nitrogens with one attached hydrogen (secondary N) is 1. The highest BCUT2D eigenvalue weighted by Crippen LogP contribution is 2.21. The molecule has 0 spiro atoms. The van der Waals surface area contributed by atoms with Gasteiger partial charge in [-0.15, -0.1) is 0 Å². The van der Waals surface area contributed by atoms with Crippen molar-refractivity contribution in [3.63, 3.8) is 0 Å². The third-order valence-corrected chi connectivity index (χ3v) is 4.64. The highest BCUT2D eigenvalue weighted by atomic mass is 16.5. The molecule has 0 heterocycles. The lowest BCUT2D eigenvalue weighted by molar-refractivity contribution is -0.135. The maximum atomic E-state index is 12.3. The van der Waals surface area contributed by atoms with Crippen molar-refractivity contribution in [2.45, 2.75) is 13.8 Å². The minimum atomic E-state index is -0.259. The lowest BCUT2D eigenvalue weighted by Gasteiger charge is -2.18.